The van der Waals surface area contributed by atoms with E-state index >= 15 is 0 Å². The molecule has 0 bridgehead atoms. The van der Waals surface area contributed by atoms with Gasteiger partial charge in [-0.3, -0.25) is 9.59 Å². The molecule has 7 nitrogen and oxygen atoms in total. The third-order valence-corrected chi connectivity index (χ3v) is 6.33. The predicted molar refractivity (Wildman–Crippen MR) is 124 cm³/mol. The van der Waals surface area contributed by atoms with Gasteiger partial charge >= 0.3 is 0 Å². The third-order valence-electron chi connectivity index (χ3n) is 4.44. The second kappa shape index (κ2) is 9.75. The van der Waals surface area contributed by atoms with Crippen molar-refractivity contribution in [2.75, 3.05) is 16.4 Å². The number of amides is 2. The van der Waals surface area contributed by atoms with Crippen molar-refractivity contribution in [3.05, 3.63) is 77.4 Å². The van der Waals surface area contributed by atoms with Gasteiger partial charge in [0.25, 0.3) is 5.91 Å². The van der Waals surface area contributed by atoms with Crippen LogP contribution in [0.4, 0.5) is 15.8 Å². The summed E-state index contributed by atoms with van der Waals surface area (Å²) in [5.74, 6) is 0.0186. The van der Waals surface area contributed by atoms with E-state index < -0.39 is 5.82 Å². The van der Waals surface area contributed by atoms with Crippen LogP contribution in [0.2, 0.25) is 0 Å². The van der Waals surface area contributed by atoms with Crippen molar-refractivity contribution in [3.8, 4) is 10.7 Å². The van der Waals surface area contributed by atoms with Gasteiger partial charge in [0.05, 0.1) is 10.6 Å². The molecular formula is C22H18FN5O2S2. The zero-order valence-corrected chi connectivity index (χ0v) is 18.5. The molecule has 0 saturated carbocycles. The first-order valence-electron chi connectivity index (χ1n) is 9.52. The topological polar surface area (TPSA) is 88.9 Å². The fraction of sp³-hybridized carbons (Fsp3) is 0.0909. The normalized spacial score (nSPS) is 10.7. The molecule has 10 heteroatoms. The number of rotatable bonds is 7. The molecule has 2 heterocycles. The molecule has 0 spiro atoms. The monoisotopic (exact) mass is 467 g/mol. The molecule has 2 aromatic carbocycles. The third kappa shape index (κ3) is 5.21. The Morgan fingerprint density at radius 1 is 1.00 bits per heavy atom. The highest BCUT2D eigenvalue weighted by Gasteiger charge is 2.14. The summed E-state index contributed by atoms with van der Waals surface area (Å²) in [6.45, 7) is 0. The summed E-state index contributed by atoms with van der Waals surface area (Å²) in [5.41, 5.74) is 1.52. The Morgan fingerprint density at radius 2 is 1.69 bits per heavy atom. The van der Waals surface area contributed by atoms with Crippen LogP contribution in [0.25, 0.3) is 10.7 Å². The molecule has 4 aromatic rings. The van der Waals surface area contributed by atoms with Crippen LogP contribution < -0.4 is 10.6 Å². The highest BCUT2D eigenvalue weighted by Crippen LogP contribution is 2.26. The number of nitrogens with zero attached hydrogens (tertiary/aromatic N) is 3. The van der Waals surface area contributed by atoms with Crippen molar-refractivity contribution in [1.82, 2.24) is 14.8 Å². The Labute approximate surface area is 191 Å². The molecule has 0 radical (unpaired) electrons. The first kappa shape index (κ1) is 21.7. The second-order valence-electron chi connectivity index (χ2n) is 6.72. The number of carbonyl (C=O) groups excluding carboxylic acids is 2. The van der Waals surface area contributed by atoms with E-state index in [2.05, 4.69) is 20.8 Å². The number of nitrogens with one attached hydrogen (secondary N) is 2. The lowest BCUT2D eigenvalue weighted by atomic mass is 10.2. The van der Waals surface area contributed by atoms with Gasteiger partial charge < -0.3 is 15.2 Å². The predicted octanol–water partition coefficient (Wildman–Crippen LogP) is 4.67. The second-order valence-corrected chi connectivity index (χ2v) is 8.61. The largest absolute Gasteiger partial charge is 0.325 e. The van der Waals surface area contributed by atoms with Gasteiger partial charge in [0.1, 0.15) is 5.82 Å². The highest BCUT2D eigenvalue weighted by atomic mass is 32.2. The standard InChI is InChI=1S/C22H18FN5O2S2/c1-28-20(18-3-2-12-31-18)26-27-22(28)32-13-19(29)24-16-8-10-17(11-9-16)25-21(30)14-4-6-15(23)7-5-14/h2-12H,13H2,1H3,(H,24,29)(H,25,30). The Balaban J connectivity index is 1.29. The van der Waals surface area contributed by atoms with E-state index in [0.29, 0.717) is 22.1 Å². The summed E-state index contributed by atoms with van der Waals surface area (Å²) < 4.78 is 14.8. The summed E-state index contributed by atoms with van der Waals surface area (Å²) in [4.78, 5) is 25.5. The molecule has 0 aliphatic carbocycles. The molecule has 32 heavy (non-hydrogen) atoms. The van der Waals surface area contributed by atoms with E-state index in [9.17, 15) is 14.0 Å². The smallest absolute Gasteiger partial charge is 0.255 e. The maximum Gasteiger partial charge on any atom is 0.255 e. The Morgan fingerprint density at radius 3 is 2.34 bits per heavy atom. The van der Waals surface area contributed by atoms with E-state index in [-0.39, 0.29) is 17.6 Å². The number of thiophene rings is 1. The van der Waals surface area contributed by atoms with Gasteiger partial charge in [-0.1, -0.05) is 17.8 Å². The highest BCUT2D eigenvalue weighted by molar-refractivity contribution is 7.99. The van der Waals surface area contributed by atoms with E-state index in [1.54, 1.807) is 35.6 Å². The van der Waals surface area contributed by atoms with Crippen molar-refractivity contribution < 1.29 is 14.0 Å². The lowest BCUT2D eigenvalue weighted by Gasteiger charge is -2.08. The van der Waals surface area contributed by atoms with Crippen LogP contribution >= 0.6 is 23.1 Å². The van der Waals surface area contributed by atoms with Gasteiger partial charge in [-0.25, -0.2) is 4.39 Å². The van der Waals surface area contributed by atoms with Crippen LogP contribution in [0, 0.1) is 5.82 Å². The Bertz CT molecular complexity index is 1220. The molecule has 0 saturated heterocycles. The minimum Gasteiger partial charge on any atom is -0.325 e. The van der Waals surface area contributed by atoms with Crippen molar-refractivity contribution in [3.63, 3.8) is 0 Å². The lowest BCUT2D eigenvalue weighted by Crippen LogP contribution is -2.15. The van der Waals surface area contributed by atoms with Crippen LogP contribution in [0.5, 0.6) is 0 Å². The zero-order chi connectivity index (χ0) is 22.5. The molecule has 162 valence electrons. The van der Waals surface area contributed by atoms with Crippen LogP contribution in [-0.2, 0) is 11.8 Å². The average Bonchev–Trinajstić information content (AvgIpc) is 3.44. The lowest BCUT2D eigenvalue weighted by molar-refractivity contribution is -0.113. The number of carbonyl (C=O) groups is 2. The molecule has 2 aromatic heterocycles. The van der Waals surface area contributed by atoms with E-state index in [1.165, 1.54) is 36.0 Å². The fourth-order valence-corrected chi connectivity index (χ4v) is 4.28. The summed E-state index contributed by atoms with van der Waals surface area (Å²) in [6.07, 6.45) is 0. The molecular weight excluding hydrogens is 449 g/mol. The van der Waals surface area contributed by atoms with Gasteiger partial charge in [-0.05, 0) is 60.0 Å². The maximum absolute atomic E-state index is 13.0. The van der Waals surface area contributed by atoms with Gasteiger partial charge in [-0.2, -0.15) is 0 Å². The van der Waals surface area contributed by atoms with E-state index in [0.717, 1.165) is 10.7 Å². The fourth-order valence-electron chi connectivity index (χ4n) is 2.83. The van der Waals surface area contributed by atoms with Gasteiger partial charge in [0, 0.05) is 24.0 Å². The number of anilines is 2. The molecule has 0 atom stereocenters. The average molecular weight is 468 g/mol. The number of thioether (sulfide) groups is 1. The van der Waals surface area contributed by atoms with E-state index in [1.807, 2.05) is 29.1 Å². The van der Waals surface area contributed by atoms with Crippen molar-refractivity contribution in [2.45, 2.75) is 5.16 Å². The minimum absolute atomic E-state index is 0.180. The molecule has 4 rings (SSSR count). The van der Waals surface area contributed by atoms with Crippen molar-refractivity contribution >= 4 is 46.3 Å². The number of hydrogen-bond acceptors (Lipinski definition) is 6. The summed E-state index contributed by atoms with van der Waals surface area (Å²) in [6, 6.07) is 16.0. The summed E-state index contributed by atoms with van der Waals surface area (Å²) in [5, 5.41) is 16.5. The SMILES string of the molecule is Cn1c(SCC(=O)Nc2ccc(NC(=O)c3ccc(F)cc3)cc2)nnc1-c1cccs1. The number of halogens is 1. The first-order valence-corrected chi connectivity index (χ1v) is 11.4. The molecule has 2 N–H and O–H groups in total. The van der Waals surface area contributed by atoms with Crippen LogP contribution in [0.1, 0.15) is 10.4 Å². The molecule has 0 fully saturated rings. The van der Waals surface area contributed by atoms with Gasteiger partial charge in [0.2, 0.25) is 5.91 Å². The number of aromatic nitrogens is 3. The number of benzene rings is 2. The Hall–Kier alpha value is -3.50. The quantitative estimate of drug-likeness (QED) is 0.386. The zero-order valence-electron chi connectivity index (χ0n) is 16.9. The summed E-state index contributed by atoms with van der Waals surface area (Å²) in [7, 11) is 1.87. The molecule has 2 amide bonds. The minimum atomic E-state index is -0.401. The molecule has 0 unspecified atom stereocenters. The maximum atomic E-state index is 13.0. The van der Waals surface area contributed by atoms with Crippen LogP contribution in [0.3, 0.4) is 0 Å². The summed E-state index contributed by atoms with van der Waals surface area (Å²) >= 11 is 2.88. The molecule has 0 aliphatic rings. The van der Waals surface area contributed by atoms with Crippen molar-refractivity contribution in [1.29, 1.82) is 0 Å². The van der Waals surface area contributed by atoms with Gasteiger partial charge in [-0.15, -0.1) is 21.5 Å². The molecule has 0 aliphatic heterocycles. The Kier molecular flexibility index (Phi) is 6.62. The van der Waals surface area contributed by atoms with E-state index in [4.69, 9.17) is 0 Å². The van der Waals surface area contributed by atoms with Crippen LogP contribution in [0.15, 0.2) is 71.2 Å². The first-order chi connectivity index (χ1) is 15.5. The van der Waals surface area contributed by atoms with Crippen molar-refractivity contribution in [2.24, 2.45) is 7.05 Å². The van der Waals surface area contributed by atoms with Crippen LogP contribution in [-0.4, -0.2) is 32.3 Å². The van der Waals surface area contributed by atoms with Gasteiger partial charge in [0.15, 0.2) is 11.0 Å². The number of hydrogen-bond donors (Lipinski definition) is 2.